The quantitative estimate of drug-likeness (QED) is 0.690. The summed E-state index contributed by atoms with van der Waals surface area (Å²) in [5.74, 6) is 3.39. The molecule has 2 unspecified atom stereocenters. The van der Waals surface area contributed by atoms with E-state index in [0.29, 0.717) is 29.6 Å². The van der Waals surface area contributed by atoms with Gasteiger partial charge in [0.2, 0.25) is 0 Å². The van der Waals surface area contributed by atoms with E-state index in [1.54, 1.807) is 0 Å². The number of ketones is 1. The molecule has 2 nitrogen and oxygen atoms in total. The number of hydrogen-bond acceptors (Lipinski definition) is 2. The van der Waals surface area contributed by atoms with E-state index in [1.807, 2.05) is 6.08 Å². The van der Waals surface area contributed by atoms with Crippen LogP contribution in [0.1, 0.15) is 65.2 Å². The number of nitriles is 1. The number of carbonyl (C=O) groups excluding carboxylic acids is 1. The molecule has 0 aliphatic heterocycles. The molecule has 0 N–H and O–H groups in total. The molecule has 2 heteroatoms. The predicted octanol–water partition coefficient (Wildman–Crippen LogP) is 4.90. The van der Waals surface area contributed by atoms with Gasteiger partial charge in [-0.1, -0.05) is 25.8 Å². The third kappa shape index (κ3) is 2.23. The van der Waals surface area contributed by atoms with Gasteiger partial charge in [-0.3, -0.25) is 4.79 Å². The van der Waals surface area contributed by atoms with Gasteiger partial charge in [0.1, 0.15) is 0 Å². The maximum atomic E-state index is 12.1. The summed E-state index contributed by atoms with van der Waals surface area (Å²) < 4.78 is 0. The van der Waals surface area contributed by atoms with Crippen LogP contribution in [-0.4, -0.2) is 5.78 Å². The zero-order chi connectivity index (χ0) is 16.2. The first-order valence-corrected chi connectivity index (χ1v) is 9.71. The van der Waals surface area contributed by atoms with Crippen molar-refractivity contribution >= 4 is 5.78 Å². The Bertz CT molecular complexity index is 585. The number of carbonyl (C=O) groups is 1. The van der Waals surface area contributed by atoms with Gasteiger partial charge >= 0.3 is 0 Å². The lowest BCUT2D eigenvalue weighted by molar-refractivity contribution is -0.117. The third-order valence-corrected chi connectivity index (χ3v) is 7.99. The fourth-order valence-corrected chi connectivity index (χ4v) is 6.94. The number of allylic oxidation sites excluding steroid dienone is 1. The fraction of sp³-hybridized carbons (Fsp3) is 0.810. The molecule has 0 aromatic rings. The Balaban J connectivity index is 1.74. The Morgan fingerprint density at radius 2 is 2.13 bits per heavy atom. The normalized spacial score (nSPS) is 48.7. The smallest absolute Gasteiger partial charge is 0.156 e. The molecule has 3 fully saturated rings. The lowest BCUT2D eigenvalue weighted by Gasteiger charge is -2.55. The Morgan fingerprint density at radius 1 is 1.30 bits per heavy atom. The van der Waals surface area contributed by atoms with Crippen molar-refractivity contribution in [2.45, 2.75) is 65.2 Å². The van der Waals surface area contributed by atoms with Crippen LogP contribution in [0.3, 0.4) is 0 Å². The zero-order valence-corrected chi connectivity index (χ0v) is 14.6. The summed E-state index contributed by atoms with van der Waals surface area (Å²) >= 11 is 0. The molecule has 0 heterocycles. The molecule has 0 bridgehead atoms. The SMILES string of the molecule is CCC1C[C@@H]2[C@H](CC[C@]3(C)CCC[C@@H]23)[C@@H]2C1=CC(=O)CC2C#N. The van der Waals surface area contributed by atoms with Crippen molar-refractivity contribution in [1.82, 2.24) is 0 Å². The fourth-order valence-electron chi connectivity index (χ4n) is 6.94. The Morgan fingerprint density at radius 3 is 2.87 bits per heavy atom. The molecule has 7 atom stereocenters. The number of rotatable bonds is 1. The van der Waals surface area contributed by atoms with Crippen LogP contribution in [0.15, 0.2) is 11.6 Å². The second-order valence-corrected chi connectivity index (χ2v) is 8.94. The third-order valence-electron chi connectivity index (χ3n) is 7.99. The molecular weight excluding hydrogens is 282 g/mol. The van der Waals surface area contributed by atoms with E-state index in [2.05, 4.69) is 19.9 Å². The minimum atomic E-state index is -0.0601. The van der Waals surface area contributed by atoms with Gasteiger partial charge in [0.25, 0.3) is 0 Å². The maximum Gasteiger partial charge on any atom is 0.156 e. The number of nitrogens with zero attached hydrogens (tertiary/aromatic N) is 1. The van der Waals surface area contributed by atoms with E-state index in [4.69, 9.17) is 0 Å². The van der Waals surface area contributed by atoms with Gasteiger partial charge in [0.15, 0.2) is 5.78 Å². The van der Waals surface area contributed by atoms with Crippen LogP contribution >= 0.6 is 0 Å². The van der Waals surface area contributed by atoms with Crippen LogP contribution in [0.5, 0.6) is 0 Å². The maximum absolute atomic E-state index is 12.1. The molecule has 0 saturated heterocycles. The van der Waals surface area contributed by atoms with Gasteiger partial charge in [-0.15, -0.1) is 0 Å². The van der Waals surface area contributed by atoms with Crippen LogP contribution in [-0.2, 0) is 4.79 Å². The summed E-state index contributed by atoms with van der Waals surface area (Å²) in [6.07, 6.45) is 11.6. The molecule has 4 aliphatic carbocycles. The van der Waals surface area contributed by atoms with Crippen LogP contribution in [0.25, 0.3) is 0 Å². The average molecular weight is 311 g/mol. The predicted molar refractivity (Wildman–Crippen MR) is 90.4 cm³/mol. The Hall–Kier alpha value is -1.10. The molecule has 4 aliphatic rings. The van der Waals surface area contributed by atoms with Crippen molar-refractivity contribution in [3.8, 4) is 6.07 Å². The molecule has 4 rings (SSSR count). The molecule has 0 spiro atoms. The Labute approximate surface area is 140 Å². The van der Waals surface area contributed by atoms with Crippen LogP contribution < -0.4 is 0 Å². The molecule has 0 radical (unpaired) electrons. The first kappa shape index (κ1) is 15.4. The van der Waals surface area contributed by atoms with Gasteiger partial charge in [0, 0.05) is 6.42 Å². The van der Waals surface area contributed by atoms with Crippen molar-refractivity contribution in [2.24, 2.45) is 40.9 Å². The van der Waals surface area contributed by atoms with Crippen LogP contribution in [0, 0.1) is 52.3 Å². The van der Waals surface area contributed by atoms with Gasteiger partial charge < -0.3 is 0 Å². The summed E-state index contributed by atoms with van der Waals surface area (Å²) in [7, 11) is 0. The van der Waals surface area contributed by atoms with E-state index in [-0.39, 0.29) is 11.7 Å². The minimum absolute atomic E-state index is 0.0601. The number of hydrogen-bond donors (Lipinski definition) is 0. The van der Waals surface area contributed by atoms with E-state index >= 15 is 0 Å². The molecule has 0 amide bonds. The van der Waals surface area contributed by atoms with Crippen molar-refractivity contribution in [2.75, 3.05) is 0 Å². The largest absolute Gasteiger partial charge is 0.295 e. The van der Waals surface area contributed by atoms with Gasteiger partial charge in [-0.25, -0.2) is 0 Å². The average Bonchev–Trinajstić information content (AvgIpc) is 2.94. The van der Waals surface area contributed by atoms with E-state index in [9.17, 15) is 10.1 Å². The molecule has 0 aromatic heterocycles. The molecule has 0 aromatic carbocycles. The highest BCUT2D eigenvalue weighted by Gasteiger charge is 2.55. The van der Waals surface area contributed by atoms with E-state index in [0.717, 1.165) is 18.3 Å². The molecule has 3 saturated carbocycles. The van der Waals surface area contributed by atoms with Crippen molar-refractivity contribution in [3.63, 3.8) is 0 Å². The van der Waals surface area contributed by atoms with Crippen molar-refractivity contribution < 1.29 is 4.79 Å². The monoisotopic (exact) mass is 311 g/mol. The summed E-state index contributed by atoms with van der Waals surface area (Å²) in [4.78, 5) is 12.1. The highest BCUT2D eigenvalue weighted by Crippen LogP contribution is 2.63. The minimum Gasteiger partial charge on any atom is -0.295 e. The Kier molecular flexibility index (Phi) is 3.67. The summed E-state index contributed by atoms with van der Waals surface area (Å²) in [6.45, 7) is 4.79. The zero-order valence-electron chi connectivity index (χ0n) is 14.6. The van der Waals surface area contributed by atoms with Crippen LogP contribution in [0.2, 0.25) is 0 Å². The summed E-state index contributed by atoms with van der Waals surface area (Å²) in [5.41, 5.74) is 1.92. The van der Waals surface area contributed by atoms with Crippen molar-refractivity contribution in [3.05, 3.63) is 11.6 Å². The standard InChI is InChI=1S/C21H29NO/c1-3-13-10-18-16(6-8-21(2)7-4-5-19(18)21)20-14(12-22)9-15(23)11-17(13)20/h11,13-14,16,18-20H,3-10H2,1-2H3/t13?,14?,16-,18+,19-,20+,21-/m0/s1. The van der Waals surface area contributed by atoms with Gasteiger partial charge in [0.05, 0.1) is 12.0 Å². The second kappa shape index (κ2) is 5.47. The number of fused-ring (bicyclic) bond motifs is 5. The first-order chi connectivity index (χ1) is 11.1. The molecular formula is C21H29NO. The van der Waals surface area contributed by atoms with Crippen molar-refractivity contribution in [1.29, 1.82) is 5.26 Å². The van der Waals surface area contributed by atoms with E-state index in [1.165, 1.54) is 44.1 Å². The highest BCUT2D eigenvalue weighted by atomic mass is 16.1. The van der Waals surface area contributed by atoms with Gasteiger partial charge in [-0.05, 0) is 79.6 Å². The summed E-state index contributed by atoms with van der Waals surface area (Å²) in [6, 6.07) is 2.52. The first-order valence-electron chi connectivity index (χ1n) is 9.71. The van der Waals surface area contributed by atoms with E-state index < -0.39 is 0 Å². The highest BCUT2D eigenvalue weighted by molar-refractivity contribution is 5.92. The van der Waals surface area contributed by atoms with Crippen LogP contribution in [0.4, 0.5) is 0 Å². The lowest BCUT2D eigenvalue weighted by Crippen LogP contribution is -2.49. The second-order valence-electron chi connectivity index (χ2n) is 8.94. The molecule has 23 heavy (non-hydrogen) atoms. The topological polar surface area (TPSA) is 40.9 Å². The molecule has 124 valence electrons. The van der Waals surface area contributed by atoms with Gasteiger partial charge in [-0.2, -0.15) is 5.26 Å². The lowest BCUT2D eigenvalue weighted by atomic mass is 9.49. The summed E-state index contributed by atoms with van der Waals surface area (Å²) in [5, 5.41) is 9.71.